The Morgan fingerprint density at radius 3 is 1.00 bits per heavy atom. The minimum Gasteiger partial charge on any atom is -0.287 e. The molecular formula is C45H68N2O2+2. The summed E-state index contributed by atoms with van der Waals surface area (Å²) >= 11 is 0. The molecule has 268 valence electrons. The Balaban J connectivity index is 2.10. The number of para-hydroxylation sites is 2. The average molecular weight is 669 g/mol. The van der Waals surface area contributed by atoms with Crippen LogP contribution in [0.1, 0.15) is 183 Å². The molecule has 2 aromatic carbocycles. The third-order valence-electron chi connectivity index (χ3n) is 11.4. The molecule has 2 heterocycles. The van der Waals surface area contributed by atoms with Crippen LogP contribution in [0.4, 0.5) is 11.4 Å². The molecule has 0 radical (unpaired) electrons. The second-order valence-corrected chi connectivity index (χ2v) is 19.6. The Morgan fingerprint density at radius 2 is 0.776 bits per heavy atom. The summed E-state index contributed by atoms with van der Waals surface area (Å²) in [7, 11) is 0. The van der Waals surface area contributed by atoms with E-state index in [0.29, 0.717) is 0 Å². The highest BCUT2D eigenvalue weighted by Gasteiger charge is 2.63. The number of Topliss-reactive ketones (excluding diaryl/α,β-unsaturated/α-hetero) is 2. The van der Waals surface area contributed by atoms with Crippen molar-refractivity contribution >= 4 is 34.4 Å². The van der Waals surface area contributed by atoms with Crippen LogP contribution in [0, 0.1) is 16.2 Å². The standard InChI is InChI=1S/C45H68N2O2/c1-27(2)31-21-19-22-32(28(3)4)35(31)46-37(41(9,10)25-43(46,13)14)39(48)45(17,18)40(49)38-42(11,12)26-44(15,16)47(38)36-33(29(5)6)23-20-24-34(36)30(7)8/h19-24,27-30H,25-26H2,1-18H3/q+2. The first kappa shape index (κ1) is 38.9. The summed E-state index contributed by atoms with van der Waals surface area (Å²) in [6.07, 6.45) is 1.63. The molecule has 0 atom stereocenters. The highest BCUT2D eigenvalue weighted by molar-refractivity contribution is 6.54. The fourth-order valence-electron chi connectivity index (χ4n) is 9.58. The second-order valence-electron chi connectivity index (χ2n) is 19.6. The predicted octanol–water partition coefficient (Wildman–Crippen LogP) is 11.6. The molecule has 4 rings (SSSR count). The Kier molecular flexibility index (Phi) is 10.1. The van der Waals surface area contributed by atoms with E-state index >= 15 is 9.59 Å². The van der Waals surface area contributed by atoms with Crippen molar-refractivity contribution in [2.24, 2.45) is 16.2 Å². The van der Waals surface area contributed by atoms with Gasteiger partial charge in [-0.05, 0) is 65.2 Å². The Morgan fingerprint density at radius 1 is 0.531 bits per heavy atom. The fraction of sp³-hybridized carbons (Fsp3) is 0.644. The first-order valence-electron chi connectivity index (χ1n) is 18.9. The van der Waals surface area contributed by atoms with Gasteiger partial charge in [0.1, 0.15) is 5.41 Å². The van der Waals surface area contributed by atoms with E-state index in [4.69, 9.17) is 0 Å². The SMILES string of the molecule is CC(C)c1cccc(C(C)C)c1[N+]1=C(C(=O)C(C)(C)C(=O)C2=[N+](c3c(C(C)C)cccc3C(C)C)C(C)(C)CC2(C)C)C(C)(C)CC1(C)C. The Labute approximate surface area is 299 Å². The zero-order chi connectivity index (χ0) is 37.4. The summed E-state index contributed by atoms with van der Waals surface area (Å²) in [6, 6.07) is 13.2. The zero-order valence-corrected chi connectivity index (χ0v) is 34.4. The summed E-state index contributed by atoms with van der Waals surface area (Å²) in [5.74, 6) is 0.995. The van der Waals surface area contributed by atoms with Gasteiger partial charge in [-0.3, -0.25) is 9.59 Å². The number of nitrogens with zero attached hydrogens (tertiary/aromatic N) is 2. The van der Waals surface area contributed by atoms with Crippen LogP contribution in [0.25, 0.3) is 0 Å². The first-order chi connectivity index (χ1) is 22.2. The van der Waals surface area contributed by atoms with Gasteiger partial charge in [-0.25, -0.2) is 0 Å². The van der Waals surface area contributed by atoms with Crippen molar-refractivity contribution in [2.75, 3.05) is 0 Å². The molecule has 0 fully saturated rings. The molecule has 0 spiro atoms. The molecule has 0 aromatic heterocycles. The molecule has 0 saturated heterocycles. The summed E-state index contributed by atoms with van der Waals surface area (Å²) in [5.41, 5.74) is 6.03. The number of rotatable bonds is 10. The highest BCUT2D eigenvalue weighted by atomic mass is 16.2. The van der Waals surface area contributed by atoms with Gasteiger partial charge in [0.05, 0.1) is 10.8 Å². The third kappa shape index (κ3) is 6.56. The van der Waals surface area contributed by atoms with Gasteiger partial charge in [-0.1, -0.05) is 91.8 Å². The maximum absolute atomic E-state index is 15.5. The number of carbonyl (C=O) groups is 2. The van der Waals surface area contributed by atoms with Crippen LogP contribution in [0.15, 0.2) is 36.4 Å². The lowest BCUT2D eigenvalue weighted by Crippen LogP contribution is -2.50. The summed E-state index contributed by atoms with van der Waals surface area (Å²) in [6.45, 7) is 39.5. The first-order valence-corrected chi connectivity index (χ1v) is 18.9. The molecule has 2 aliphatic rings. The van der Waals surface area contributed by atoms with Crippen molar-refractivity contribution in [3.8, 4) is 0 Å². The maximum Gasteiger partial charge on any atom is 0.236 e. The lowest BCUT2D eigenvalue weighted by molar-refractivity contribution is -0.516. The van der Waals surface area contributed by atoms with E-state index in [2.05, 4.69) is 156 Å². The normalized spacial score (nSPS) is 20.0. The lowest BCUT2D eigenvalue weighted by atomic mass is 9.69. The van der Waals surface area contributed by atoms with Crippen molar-refractivity contribution in [3.63, 3.8) is 0 Å². The quantitative estimate of drug-likeness (QED) is 0.187. The van der Waals surface area contributed by atoms with E-state index in [0.717, 1.165) is 35.6 Å². The van der Waals surface area contributed by atoms with Crippen molar-refractivity contribution in [1.29, 1.82) is 0 Å². The second kappa shape index (κ2) is 12.7. The summed E-state index contributed by atoms with van der Waals surface area (Å²) in [4.78, 5) is 31.1. The molecule has 0 aliphatic carbocycles. The van der Waals surface area contributed by atoms with Gasteiger partial charge in [-0.15, -0.1) is 0 Å². The fourth-order valence-corrected chi connectivity index (χ4v) is 9.58. The van der Waals surface area contributed by atoms with Crippen LogP contribution in [0.3, 0.4) is 0 Å². The summed E-state index contributed by atoms with van der Waals surface area (Å²) < 4.78 is 4.73. The maximum atomic E-state index is 15.5. The van der Waals surface area contributed by atoms with Gasteiger partial charge in [-0.2, -0.15) is 9.15 Å². The average Bonchev–Trinajstić information content (AvgIpc) is 3.27. The number of hydrogen-bond acceptors (Lipinski definition) is 2. The summed E-state index contributed by atoms with van der Waals surface area (Å²) in [5, 5.41) is 0. The highest BCUT2D eigenvalue weighted by Crippen LogP contribution is 2.51. The predicted molar refractivity (Wildman–Crippen MR) is 208 cm³/mol. The molecule has 0 unspecified atom stereocenters. The lowest BCUT2D eigenvalue weighted by Gasteiger charge is -2.28. The van der Waals surface area contributed by atoms with Gasteiger partial charge in [0, 0.05) is 62.8 Å². The molecule has 0 bridgehead atoms. The minimum atomic E-state index is -1.29. The van der Waals surface area contributed by atoms with Crippen LogP contribution in [0.5, 0.6) is 0 Å². The van der Waals surface area contributed by atoms with Gasteiger partial charge >= 0.3 is 0 Å². The number of ketones is 2. The van der Waals surface area contributed by atoms with Crippen molar-refractivity contribution in [1.82, 2.24) is 0 Å². The molecule has 0 N–H and O–H groups in total. The van der Waals surface area contributed by atoms with E-state index in [-0.39, 0.29) is 46.3 Å². The van der Waals surface area contributed by atoms with Gasteiger partial charge in [0.25, 0.3) is 0 Å². The van der Waals surface area contributed by atoms with Crippen LogP contribution in [0.2, 0.25) is 0 Å². The Bertz CT molecular complexity index is 1540. The largest absolute Gasteiger partial charge is 0.287 e. The van der Waals surface area contributed by atoms with Gasteiger partial charge in [0.15, 0.2) is 11.1 Å². The smallest absolute Gasteiger partial charge is 0.236 e. The molecule has 4 heteroatoms. The molecular weight excluding hydrogens is 601 g/mol. The van der Waals surface area contributed by atoms with Crippen LogP contribution >= 0.6 is 0 Å². The number of carbonyl (C=O) groups excluding carboxylic acids is 2. The van der Waals surface area contributed by atoms with Crippen molar-refractivity contribution < 1.29 is 18.7 Å². The van der Waals surface area contributed by atoms with Gasteiger partial charge in [0.2, 0.25) is 34.4 Å². The van der Waals surface area contributed by atoms with Crippen molar-refractivity contribution in [2.45, 2.75) is 172 Å². The van der Waals surface area contributed by atoms with Crippen LogP contribution < -0.4 is 0 Å². The number of benzene rings is 2. The van der Waals surface area contributed by atoms with E-state index in [9.17, 15) is 0 Å². The minimum absolute atomic E-state index is 0.0597. The molecule has 2 aromatic rings. The zero-order valence-electron chi connectivity index (χ0n) is 34.4. The van der Waals surface area contributed by atoms with Crippen LogP contribution in [-0.4, -0.2) is 43.2 Å². The van der Waals surface area contributed by atoms with E-state index in [1.165, 1.54) is 22.3 Å². The third-order valence-corrected chi connectivity index (χ3v) is 11.4. The molecule has 0 amide bonds. The van der Waals surface area contributed by atoms with E-state index in [1.807, 2.05) is 13.8 Å². The molecule has 4 nitrogen and oxygen atoms in total. The van der Waals surface area contributed by atoms with Gasteiger partial charge < -0.3 is 0 Å². The molecule has 49 heavy (non-hydrogen) atoms. The number of hydrogen-bond donors (Lipinski definition) is 0. The van der Waals surface area contributed by atoms with Crippen molar-refractivity contribution in [3.05, 3.63) is 58.7 Å². The Hall–Kier alpha value is -2.88. The van der Waals surface area contributed by atoms with E-state index < -0.39 is 16.2 Å². The van der Waals surface area contributed by atoms with Crippen LogP contribution in [-0.2, 0) is 9.59 Å². The topological polar surface area (TPSA) is 40.2 Å². The van der Waals surface area contributed by atoms with E-state index in [1.54, 1.807) is 0 Å². The monoisotopic (exact) mass is 669 g/mol. The molecule has 0 saturated carbocycles. The molecule has 2 aliphatic heterocycles.